The molecule has 0 saturated heterocycles. The van der Waals surface area contributed by atoms with E-state index < -0.39 is 0 Å². The zero-order chi connectivity index (χ0) is 20.1. The van der Waals surface area contributed by atoms with Crippen LogP contribution in [-0.2, 0) is 0 Å². The van der Waals surface area contributed by atoms with Crippen molar-refractivity contribution >= 4 is 71.3 Å². The van der Waals surface area contributed by atoms with Crippen molar-refractivity contribution in [1.82, 2.24) is 14.4 Å². The van der Waals surface area contributed by atoms with Crippen LogP contribution in [0.25, 0.3) is 71.3 Å². The molecule has 0 amide bonds. The van der Waals surface area contributed by atoms with E-state index in [0.29, 0.717) is 0 Å². The third-order valence-electron chi connectivity index (χ3n) is 6.30. The molecule has 31 heavy (non-hydrogen) atoms. The molecule has 0 bridgehead atoms. The van der Waals surface area contributed by atoms with E-state index in [4.69, 9.17) is 13.8 Å². The van der Waals surface area contributed by atoms with E-state index in [9.17, 15) is 0 Å². The molecule has 0 aliphatic heterocycles. The molecule has 8 aromatic rings. The molecule has 0 spiro atoms. The highest BCUT2D eigenvalue weighted by molar-refractivity contribution is 6.28. The van der Waals surface area contributed by atoms with Gasteiger partial charge < -0.3 is 8.83 Å². The van der Waals surface area contributed by atoms with Gasteiger partial charge in [0.15, 0.2) is 0 Å². The van der Waals surface area contributed by atoms with Gasteiger partial charge in [-0.3, -0.25) is 9.38 Å². The number of hydrogen-bond donors (Lipinski definition) is 0. The van der Waals surface area contributed by atoms with Gasteiger partial charge in [0.05, 0.1) is 21.8 Å². The first-order chi connectivity index (χ1) is 15.4. The number of rotatable bonds is 0. The third kappa shape index (κ3) is 1.78. The average molecular weight is 399 g/mol. The Morgan fingerprint density at radius 1 is 0.613 bits per heavy atom. The van der Waals surface area contributed by atoms with Gasteiger partial charge in [0, 0.05) is 40.1 Å². The summed E-state index contributed by atoms with van der Waals surface area (Å²) in [7, 11) is 0. The monoisotopic (exact) mass is 399 g/mol. The Balaban J connectivity index is 1.70. The summed E-state index contributed by atoms with van der Waals surface area (Å²) < 4.78 is 14.7. The number of imidazole rings is 1. The van der Waals surface area contributed by atoms with Crippen LogP contribution >= 0.6 is 0 Å². The second kappa shape index (κ2) is 5.21. The number of hydrogen-bond acceptors (Lipinski definition) is 4. The lowest BCUT2D eigenvalue weighted by atomic mass is 10.0. The zero-order valence-electron chi connectivity index (χ0n) is 16.2. The molecule has 144 valence electrons. The molecule has 0 saturated carbocycles. The van der Waals surface area contributed by atoms with Crippen LogP contribution in [0.2, 0.25) is 0 Å². The fourth-order valence-corrected chi connectivity index (χ4v) is 5.04. The van der Waals surface area contributed by atoms with Crippen molar-refractivity contribution in [3.63, 3.8) is 0 Å². The van der Waals surface area contributed by atoms with Crippen molar-refractivity contribution in [2.24, 2.45) is 0 Å². The van der Waals surface area contributed by atoms with Crippen molar-refractivity contribution in [3.05, 3.63) is 79.3 Å². The second-order valence-electron chi connectivity index (χ2n) is 7.87. The molecular formula is C26H13N3O2. The number of aromatic nitrogens is 3. The third-order valence-corrected chi connectivity index (χ3v) is 6.30. The summed E-state index contributed by atoms with van der Waals surface area (Å²) in [5, 5.41) is 6.31. The molecule has 0 radical (unpaired) electrons. The van der Waals surface area contributed by atoms with Gasteiger partial charge >= 0.3 is 0 Å². The van der Waals surface area contributed by atoms with Crippen LogP contribution in [0.15, 0.2) is 88.1 Å². The topological polar surface area (TPSA) is 56.5 Å². The van der Waals surface area contributed by atoms with E-state index in [1.165, 1.54) is 0 Å². The summed E-state index contributed by atoms with van der Waals surface area (Å²) in [6.07, 6.45) is 5.68. The summed E-state index contributed by atoms with van der Waals surface area (Å²) in [6, 6.07) is 20.4. The second-order valence-corrected chi connectivity index (χ2v) is 7.87. The number of para-hydroxylation sites is 1. The number of fused-ring (bicyclic) bond motifs is 14. The quantitative estimate of drug-likeness (QED) is 0.262. The lowest BCUT2D eigenvalue weighted by molar-refractivity contribution is 0.663. The summed E-state index contributed by atoms with van der Waals surface area (Å²) in [4.78, 5) is 9.32. The largest absolute Gasteiger partial charge is 0.456 e. The summed E-state index contributed by atoms with van der Waals surface area (Å²) in [5.74, 6) is 0. The van der Waals surface area contributed by atoms with E-state index in [-0.39, 0.29) is 0 Å². The maximum Gasteiger partial charge on any atom is 0.147 e. The van der Waals surface area contributed by atoms with Crippen LogP contribution in [0.3, 0.4) is 0 Å². The molecule has 0 N–H and O–H groups in total. The molecule has 5 nitrogen and oxygen atoms in total. The van der Waals surface area contributed by atoms with Gasteiger partial charge in [-0.15, -0.1) is 0 Å². The summed E-state index contributed by atoms with van der Waals surface area (Å²) in [5.41, 5.74) is 6.28. The van der Waals surface area contributed by atoms with Crippen LogP contribution in [0.5, 0.6) is 0 Å². The fraction of sp³-hybridized carbons (Fsp3) is 0. The van der Waals surface area contributed by atoms with E-state index in [2.05, 4.69) is 33.7 Å². The van der Waals surface area contributed by atoms with Gasteiger partial charge in [0.25, 0.3) is 0 Å². The predicted molar refractivity (Wildman–Crippen MR) is 123 cm³/mol. The van der Waals surface area contributed by atoms with Gasteiger partial charge in [0.2, 0.25) is 0 Å². The van der Waals surface area contributed by atoms with Gasteiger partial charge in [0.1, 0.15) is 28.0 Å². The van der Waals surface area contributed by atoms with Gasteiger partial charge in [-0.1, -0.05) is 18.2 Å². The van der Waals surface area contributed by atoms with E-state index in [1.54, 1.807) is 0 Å². The molecule has 0 fully saturated rings. The van der Waals surface area contributed by atoms with E-state index in [0.717, 1.165) is 71.3 Å². The Hall–Kier alpha value is -4.38. The number of benzene rings is 3. The predicted octanol–water partition coefficient (Wildman–Crippen LogP) is 6.83. The van der Waals surface area contributed by atoms with Crippen LogP contribution < -0.4 is 0 Å². The van der Waals surface area contributed by atoms with Crippen molar-refractivity contribution < 1.29 is 8.83 Å². The highest BCUT2D eigenvalue weighted by Crippen LogP contribution is 2.42. The Morgan fingerprint density at radius 2 is 1.45 bits per heavy atom. The van der Waals surface area contributed by atoms with Gasteiger partial charge in [-0.2, -0.15) is 0 Å². The number of nitrogens with zero attached hydrogens (tertiary/aromatic N) is 3. The first kappa shape index (κ1) is 15.5. The molecule has 0 aliphatic rings. The van der Waals surface area contributed by atoms with Crippen molar-refractivity contribution in [1.29, 1.82) is 0 Å². The maximum atomic E-state index is 6.46. The molecule has 0 aliphatic carbocycles. The lowest BCUT2D eigenvalue weighted by Gasteiger charge is -2.08. The van der Waals surface area contributed by atoms with Gasteiger partial charge in [-0.05, 0) is 42.5 Å². The molecule has 5 heterocycles. The molecule has 3 aromatic carbocycles. The lowest BCUT2D eigenvalue weighted by Crippen LogP contribution is -1.92. The molecule has 8 rings (SSSR count). The standard InChI is InChI=1S/C26H13N3O2/c1-2-6-18-14(4-1)22-20(30-18)9-7-15-21-19(31-25(15)22)10-8-16-23-17(5-3-11-27-23)26-28-12-13-29(26)24(16)21/h1-13H. The minimum Gasteiger partial charge on any atom is -0.456 e. The van der Waals surface area contributed by atoms with E-state index in [1.807, 2.05) is 55.0 Å². The normalized spacial score (nSPS) is 12.5. The summed E-state index contributed by atoms with van der Waals surface area (Å²) in [6.45, 7) is 0. The average Bonchev–Trinajstić information content (AvgIpc) is 3.53. The van der Waals surface area contributed by atoms with Crippen molar-refractivity contribution in [2.45, 2.75) is 0 Å². The Labute approximate surface area is 174 Å². The first-order valence-corrected chi connectivity index (χ1v) is 10.2. The minimum atomic E-state index is 0.831. The Morgan fingerprint density at radius 3 is 2.42 bits per heavy atom. The van der Waals surface area contributed by atoms with Crippen LogP contribution in [0.4, 0.5) is 0 Å². The van der Waals surface area contributed by atoms with Crippen LogP contribution in [-0.4, -0.2) is 14.4 Å². The maximum absolute atomic E-state index is 6.46. The summed E-state index contributed by atoms with van der Waals surface area (Å²) >= 11 is 0. The SMILES string of the molecule is c1ccc2c(c1)oc1ccc3c(oc4ccc5c6ncccc6c6nccn6c5c43)c12. The fourth-order valence-electron chi connectivity index (χ4n) is 5.04. The van der Waals surface area contributed by atoms with Gasteiger partial charge in [-0.25, -0.2) is 4.98 Å². The Bertz CT molecular complexity index is 2010. The highest BCUT2D eigenvalue weighted by atomic mass is 16.3. The zero-order valence-corrected chi connectivity index (χ0v) is 16.2. The molecule has 0 atom stereocenters. The van der Waals surface area contributed by atoms with Crippen molar-refractivity contribution in [3.8, 4) is 0 Å². The number of pyridine rings is 2. The van der Waals surface area contributed by atoms with Crippen molar-refractivity contribution in [2.75, 3.05) is 0 Å². The molecule has 5 aromatic heterocycles. The molecule has 0 unspecified atom stereocenters. The number of furan rings is 2. The highest BCUT2D eigenvalue weighted by Gasteiger charge is 2.20. The molecular weight excluding hydrogens is 386 g/mol. The van der Waals surface area contributed by atoms with Crippen LogP contribution in [0, 0.1) is 0 Å². The minimum absolute atomic E-state index is 0.831. The first-order valence-electron chi connectivity index (χ1n) is 10.2. The Kier molecular flexibility index (Phi) is 2.60. The van der Waals surface area contributed by atoms with Crippen LogP contribution in [0.1, 0.15) is 0 Å². The molecule has 5 heteroatoms. The smallest absolute Gasteiger partial charge is 0.147 e. The van der Waals surface area contributed by atoms with E-state index >= 15 is 0 Å².